The molecule has 1 atom stereocenters. The summed E-state index contributed by atoms with van der Waals surface area (Å²) in [6, 6.07) is 13.0. The molecule has 0 aromatic heterocycles. The van der Waals surface area contributed by atoms with Crippen molar-refractivity contribution in [3.63, 3.8) is 0 Å². The Morgan fingerprint density at radius 2 is 1.70 bits per heavy atom. The molecule has 0 bridgehead atoms. The molecule has 0 fully saturated rings. The van der Waals surface area contributed by atoms with E-state index in [-0.39, 0.29) is 24.7 Å². The summed E-state index contributed by atoms with van der Waals surface area (Å²) in [5, 5.41) is 23.4. The third-order valence-electron chi connectivity index (χ3n) is 5.26. The highest BCUT2D eigenvalue weighted by Crippen LogP contribution is 2.26. The van der Waals surface area contributed by atoms with Crippen molar-refractivity contribution in [3.8, 4) is 0 Å². The molecule has 4 N–H and O–H groups in total. The van der Waals surface area contributed by atoms with Gasteiger partial charge in [-0.1, -0.05) is 62.7 Å². The second-order valence-corrected chi connectivity index (χ2v) is 9.31. The van der Waals surface area contributed by atoms with Crippen LogP contribution in [0.3, 0.4) is 0 Å². The molecule has 0 heterocycles. The molecule has 2 aromatic carbocycles. The normalized spacial score (nSPS) is 13.3. The Bertz CT molecular complexity index is 928. The first-order valence-electron chi connectivity index (χ1n) is 11.8. The fourth-order valence-electron chi connectivity index (χ4n) is 3.83. The minimum atomic E-state index is -1.61. The quantitative estimate of drug-likeness (QED) is 0.483. The molecule has 2 amide bonds. The average molecular weight is 452 g/mol. The summed E-state index contributed by atoms with van der Waals surface area (Å²) in [5.74, 6) is 0.283. The monoisotopic (exact) mass is 452 g/mol. The fraction of sp³-hybridized carbons (Fsp3) is 0.462. The van der Waals surface area contributed by atoms with Crippen LogP contribution in [0.4, 0.5) is 0 Å². The summed E-state index contributed by atoms with van der Waals surface area (Å²) in [6.45, 7) is 8.46. The highest BCUT2D eigenvalue weighted by Gasteiger charge is 2.23. The van der Waals surface area contributed by atoms with Gasteiger partial charge in [-0.15, -0.1) is 0 Å². The first-order valence-corrected chi connectivity index (χ1v) is 11.8. The van der Waals surface area contributed by atoms with Crippen LogP contribution in [0.15, 0.2) is 42.5 Å². The second-order valence-electron chi connectivity index (χ2n) is 9.31. The largest absolute Gasteiger partial charge is 0.472 e. The van der Waals surface area contributed by atoms with Crippen molar-refractivity contribution >= 4 is 18.9 Å². The van der Waals surface area contributed by atoms with Crippen LogP contribution < -0.4 is 10.6 Å². The molecule has 2 aromatic rings. The first-order chi connectivity index (χ1) is 15.7. The van der Waals surface area contributed by atoms with E-state index in [9.17, 15) is 9.59 Å². The fourth-order valence-corrected chi connectivity index (χ4v) is 3.83. The van der Waals surface area contributed by atoms with Crippen molar-refractivity contribution in [2.75, 3.05) is 6.44 Å². The van der Waals surface area contributed by atoms with Gasteiger partial charge in [0, 0.05) is 5.56 Å². The van der Waals surface area contributed by atoms with Gasteiger partial charge < -0.3 is 20.7 Å². The van der Waals surface area contributed by atoms with E-state index in [0.717, 1.165) is 48.3 Å². The van der Waals surface area contributed by atoms with Crippen LogP contribution in [0.1, 0.15) is 78.7 Å². The summed E-state index contributed by atoms with van der Waals surface area (Å²) in [5.41, 5.74) is 4.87. The summed E-state index contributed by atoms with van der Waals surface area (Å²) in [4.78, 5) is 25.4. The van der Waals surface area contributed by atoms with E-state index in [1.165, 1.54) is 5.56 Å². The number of hydrogen-bond donors (Lipinski definition) is 4. The zero-order chi connectivity index (χ0) is 24.4. The van der Waals surface area contributed by atoms with Crippen molar-refractivity contribution in [3.05, 3.63) is 70.3 Å². The van der Waals surface area contributed by atoms with Crippen LogP contribution in [0.25, 0.3) is 0 Å². The Hall–Kier alpha value is -2.64. The van der Waals surface area contributed by atoms with E-state index >= 15 is 0 Å². The lowest BCUT2D eigenvalue weighted by Crippen LogP contribution is -2.38. The van der Waals surface area contributed by atoms with E-state index in [4.69, 9.17) is 10.0 Å². The number of carbonyl (C=O) groups is 2. The van der Waals surface area contributed by atoms with Gasteiger partial charge in [-0.3, -0.25) is 9.59 Å². The maximum absolute atomic E-state index is 13.1. The van der Waals surface area contributed by atoms with Crippen molar-refractivity contribution < 1.29 is 19.6 Å². The molecule has 0 radical (unpaired) electrons. The predicted molar refractivity (Wildman–Crippen MR) is 133 cm³/mol. The first kappa shape index (κ1) is 26.6. The van der Waals surface area contributed by atoms with Gasteiger partial charge in [0.05, 0.1) is 18.9 Å². The highest BCUT2D eigenvalue weighted by molar-refractivity contribution is 6.41. The lowest BCUT2D eigenvalue weighted by Gasteiger charge is -2.23. The van der Waals surface area contributed by atoms with Crippen LogP contribution in [-0.2, 0) is 17.6 Å². The smallest absolute Gasteiger partial charge is 0.426 e. The van der Waals surface area contributed by atoms with E-state index in [0.29, 0.717) is 5.56 Å². The van der Waals surface area contributed by atoms with Crippen molar-refractivity contribution in [2.45, 2.75) is 65.8 Å². The molecule has 1 aliphatic carbocycles. The number of hydrogen-bond acceptors (Lipinski definition) is 4. The molecule has 0 aliphatic heterocycles. The third-order valence-corrected chi connectivity index (χ3v) is 5.26. The van der Waals surface area contributed by atoms with Gasteiger partial charge in [0.15, 0.2) is 0 Å². The molecule has 0 saturated heterocycles. The zero-order valence-electron chi connectivity index (χ0n) is 20.2. The van der Waals surface area contributed by atoms with Gasteiger partial charge in [0.1, 0.15) is 0 Å². The Labute approximate surface area is 198 Å². The van der Waals surface area contributed by atoms with Gasteiger partial charge in [0.25, 0.3) is 5.91 Å². The Kier molecular flexibility index (Phi) is 10.6. The number of nitrogens with one attached hydrogen (secondary N) is 2. The van der Waals surface area contributed by atoms with Gasteiger partial charge in [-0.05, 0) is 61.3 Å². The molecule has 1 aliphatic rings. The third kappa shape index (κ3) is 9.02. The summed E-state index contributed by atoms with van der Waals surface area (Å²) in [6.07, 6.45) is 3.86. The number of aryl methyl sites for hydroxylation is 2. The minimum absolute atomic E-state index is 0.0109. The SMILES string of the molecule is CC(C)C.Cc1cccc(C(CC(=O)NCB(O)O)NC(=O)c2cccc3c2CCCC3)c1. The minimum Gasteiger partial charge on any atom is -0.426 e. The molecule has 7 heteroatoms. The number of fused-ring (bicyclic) bond motifs is 1. The average Bonchev–Trinajstić information content (AvgIpc) is 2.76. The maximum Gasteiger partial charge on any atom is 0.472 e. The Morgan fingerprint density at radius 3 is 2.36 bits per heavy atom. The van der Waals surface area contributed by atoms with Crippen molar-refractivity contribution in [1.82, 2.24) is 10.6 Å². The molecule has 178 valence electrons. The van der Waals surface area contributed by atoms with Crippen LogP contribution in [0.2, 0.25) is 0 Å². The topological polar surface area (TPSA) is 98.7 Å². The van der Waals surface area contributed by atoms with Gasteiger partial charge in [0.2, 0.25) is 5.91 Å². The molecule has 0 spiro atoms. The van der Waals surface area contributed by atoms with Crippen molar-refractivity contribution in [1.29, 1.82) is 0 Å². The van der Waals surface area contributed by atoms with Gasteiger partial charge in [-0.25, -0.2) is 0 Å². The number of benzene rings is 2. The van der Waals surface area contributed by atoms with Crippen molar-refractivity contribution in [2.24, 2.45) is 5.92 Å². The van der Waals surface area contributed by atoms with E-state index in [1.54, 1.807) is 0 Å². The molecule has 6 nitrogen and oxygen atoms in total. The molecule has 33 heavy (non-hydrogen) atoms. The van der Waals surface area contributed by atoms with Crippen LogP contribution in [0.5, 0.6) is 0 Å². The van der Waals surface area contributed by atoms with E-state index in [2.05, 4.69) is 37.5 Å². The van der Waals surface area contributed by atoms with E-state index in [1.807, 2.05) is 43.3 Å². The molecular weight excluding hydrogens is 415 g/mol. The predicted octanol–water partition coefficient (Wildman–Crippen LogP) is 3.53. The summed E-state index contributed by atoms with van der Waals surface area (Å²) >= 11 is 0. The highest BCUT2D eigenvalue weighted by atomic mass is 16.4. The summed E-state index contributed by atoms with van der Waals surface area (Å²) in [7, 11) is -1.61. The van der Waals surface area contributed by atoms with Gasteiger partial charge in [-0.2, -0.15) is 0 Å². The van der Waals surface area contributed by atoms with E-state index < -0.39 is 13.2 Å². The molecule has 0 saturated carbocycles. The molecule has 3 rings (SSSR count). The second kappa shape index (κ2) is 13.2. The van der Waals surface area contributed by atoms with Gasteiger partial charge >= 0.3 is 7.12 Å². The summed E-state index contributed by atoms with van der Waals surface area (Å²) < 4.78 is 0. The number of amides is 2. The number of carbonyl (C=O) groups excluding carboxylic acids is 2. The van der Waals surface area contributed by atoms with Crippen LogP contribution in [-0.4, -0.2) is 35.4 Å². The Morgan fingerprint density at radius 1 is 1.03 bits per heavy atom. The lowest BCUT2D eigenvalue weighted by molar-refractivity contribution is -0.121. The lowest BCUT2D eigenvalue weighted by atomic mass is 9.88. The van der Waals surface area contributed by atoms with Crippen LogP contribution >= 0.6 is 0 Å². The standard InChI is InChI=1S/C22H27BN2O4.C4H10/c1-15-6-4-9-17(12-15)20(13-21(26)24-14-23(28)29)25-22(27)19-11-5-8-16-7-2-3-10-18(16)19;1-4(2)3/h4-6,8-9,11-12,20,28-29H,2-3,7,10,13-14H2,1H3,(H,24,26)(H,25,27);4H,1-3H3. The number of rotatable bonds is 7. The van der Waals surface area contributed by atoms with Crippen LogP contribution in [0, 0.1) is 12.8 Å². The maximum atomic E-state index is 13.1. The Balaban J connectivity index is 0.000000890. The molecule has 1 unspecified atom stereocenters. The molecular formula is C26H37BN2O4. The zero-order valence-corrected chi connectivity index (χ0v) is 20.2.